The number of benzene rings is 1. The quantitative estimate of drug-likeness (QED) is 0.848. The molecule has 88 valence electrons. The van der Waals surface area contributed by atoms with Gasteiger partial charge in [0.1, 0.15) is 0 Å². The molecule has 1 N–H and O–H groups in total. The first-order valence-corrected chi connectivity index (χ1v) is 6.54. The lowest BCUT2D eigenvalue weighted by Gasteiger charge is -2.14. The van der Waals surface area contributed by atoms with Crippen LogP contribution in [0.1, 0.15) is 29.3 Å². The molecule has 0 radical (unpaired) electrons. The number of hydrogen-bond acceptors (Lipinski definition) is 1. The Kier molecular flexibility index (Phi) is 5.29. The van der Waals surface area contributed by atoms with Crippen molar-refractivity contribution in [3.63, 3.8) is 0 Å². The fraction of sp³-hybridized carbons (Fsp3) is 0.417. The summed E-state index contributed by atoms with van der Waals surface area (Å²) in [5.41, 5.74) is 1.77. The number of hydrogen-bond donors (Lipinski definition) is 1. The van der Waals surface area contributed by atoms with Gasteiger partial charge in [-0.05, 0) is 47.0 Å². The first kappa shape index (κ1) is 13.5. The summed E-state index contributed by atoms with van der Waals surface area (Å²) in [6, 6.07) is 5.69. The van der Waals surface area contributed by atoms with Gasteiger partial charge in [0.15, 0.2) is 0 Å². The van der Waals surface area contributed by atoms with Crippen LogP contribution in [0.15, 0.2) is 22.7 Å². The first-order valence-electron chi connectivity index (χ1n) is 5.21. The zero-order valence-corrected chi connectivity index (χ0v) is 11.7. The number of rotatable bonds is 4. The molecule has 1 aromatic carbocycles. The number of alkyl halides is 1. The maximum Gasteiger partial charge on any atom is 0.252 e. The van der Waals surface area contributed by atoms with Gasteiger partial charge >= 0.3 is 0 Å². The molecule has 0 saturated heterocycles. The minimum Gasteiger partial charge on any atom is -0.348 e. The molecule has 2 nitrogen and oxygen atoms in total. The van der Waals surface area contributed by atoms with Crippen LogP contribution in [-0.2, 0) is 0 Å². The lowest BCUT2D eigenvalue weighted by molar-refractivity contribution is 0.0939. The fourth-order valence-electron chi connectivity index (χ4n) is 1.32. The smallest absolute Gasteiger partial charge is 0.252 e. The fourth-order valence-corrected chi connectivity index (χ4v) is 2.29. The van der Waals surface area contributed by atoms with Gasteiger partial charge < -0.3 is 5.32 Å². The molecule has 1 atom stereocenters. The highest BCUT2D eigenvalue weighted by Gasteiger charge is 2.13. The Morgan fingerprint density at radius 1 is 1.56 bits per heavy atom. The molecule has 0 heterocycles. The van der Waals surface area contributed by atoms with Crippen molar-refractivity contribution in [2.75, 3.05) is 5.88 Å². The lowest BCUT2D eigenvalue weighted by atomic mass is 10.1. The van der Waals surface area contributed by atoms with Crippen LogP contribution in [0.2, 0.25) is 0 Å². The van der Waals surface area contributed by atoms with Crippen LogP contribution in [0, 0.1) is 6.92 Å². The van der Waals surface area contributed by atoms with Gasteiger partial charge in [-0.2, -0.15) is 0 Å². The van der Waals surface area contributed by atoms with Crippen LogP contribution in [0.5, 0.6) is 0 Å². The molecule has 0 aliphatic heterocycles. The molecule has 0 spiro atoms. The van der Waals surface area contributed by atoms with E-state index in [1.165, 1.54) is 0 Å². The van der Waals surface area contributed by atoms with E-state index in [4.69, 9.17) is 11.6 Å². The summed E-state index contributed by atoms with van der Waals surface area (Å²) in [7, 11) is 0. The van der Waals surface area contributed by atoms with Crippen LogP contribution in [0.4, 0.5) is 0 Å². The largest absolute Gasteiger partial charge is 0.348 e. The second-order valence-corrected chi connectivity index (χ2v) is 4.88. The van der Waals surface area contributed by atoms with Crippen LogP contribution in [0.3, 0.4) is 0 Å². The van der Waals surface area contributed by atoms with Gasteiger partial charge in [0.2, 0.25) is 0 Å². The third-order valence-corrected chi connectivity index (χ3v) is 3.41. The average molecular weight is 305 g/mol. The van der Waals surface area contributed by atoms with Gasteiger partial charge in [0, 0.05) is 16.4 Å². The molecule has 1 amide bonds. The van der Waals surface area contributed by atoms with E-state index in [1.807, 2.05) is 32.0 Å². The van der Waals surface area contributed by atoms with E-state index in [2.05, 4.69) is 21.2 Å². The molecule has 0 aromatic heterocycles. The molecule has 0 fully saturated rings. The van der Waals surface area contributed by atoms with Crippen molar-refractivity contribution < 1.29 is 4.79 Å². The maximum atomic E-state index is 11.9. The Morgan fingerprint density at radius 3 is 2.75 bits per heavy atom. The highest BCUT2D eigenvalue weighted by atomic mass is 79.9. The summed E-state index contributed by atoms with van der Waals surface area (Å²) >= 11 is 9.13. The third-order valence-electron chi connectivity index (χ3n) is 2.38. The van der Waals surface area contributed by atoms with Crippen molar-refractivity contribution in [3.8, 4) is 0 Å². The highest BCUT2D eigenvalue weighted by molar-refractivity contribution is 9.10. The third kappa shape index (κ3) is 3.49. The van der Waals surface area contributed by atoms with E-state index in [0.29, 0.717) is 11.4 Å². The zero-order chi connectivity index (χ0) is 12.1. The summed E-state index contributed by atoms with van der Waals surface area (Å²) in [5.74, 6) is 0.352. The SMILES string of the molecule is CCC(CCl)NC(=O)c1ccc(C)cc1Br. The number of aryl methyl sites for hydroxylation is 1. The normalized spacial score (nSPS) is 12.2. The Morgan fingerprint density at radius 2 is 2.25 bits per heavy atom. The summed E-state index contributed by atoms with van der Waals surface area (Å²) in [6.07, 6.45) is 0.832. The highest BCUT2D eigenvalue weighted by Crippen LogP contribution is 2.18. The van der Waals surface area contributed by atoms with E-state index in [1.54, 1.807) is 0 Å². The van der Waals surface area contributed by atoms with Crippen molar-refractivity contribution in [1.82, 2.24) is 5.32 Å². The molecule has 16 heavy (non-hydrogen) atoms. The number of carbonyl (C=O) groups excluding carboxylic acids is 1. The summed E-state index contributed by atoms with van der Waals surface area (Å²) in [5, 5.41) is 2.89. The van der Waals surface area contributed by atoms with Gasteiger partial charge in [0.25, 0.3) is 5.91 Å². The van der Waals surface area contributed by atoms with Crippen LogP contribution < -0.4 is 5.32 Å². The number of amides is 1. The Labute approximate surface area is 110 Å². The van der Waals surface area contributed by atoms with E-state index in [0.717, 1.165) is 16.5 Å². The Bertz CT molecular complexity index is 377. The van der Waals surface area contributed by atoms with Gasteiger partial charge in [-0.3, -0.25) is 4.79 Å². The molecule has 1 rings (SSSR count). The van der Waals surface area contributed by atoms with Gasteiger partial charge in [-0.1, -0.05) is 13.0 Å². The standard InChI is InChI=1S/C12H15BrClNO/c1-3-9(7-14)15-12(16)10-5-4-8(2)6-11(10)13/h4-6,9H,3,7H2,1-2H3,(H,15,16). The van der Waals surface area contributed by atoms with Crippen molar-refractivity contribution in [2.24, 2.45) is 0 Å². The topological polar surface area (TPSA) is 29.1 Å². The van der Waals surface area contributed by atoms with Gasteiger partial charge in [-0.15, -0.1) is 11.6 Å². The second-order valence-electron chi connectivity index (χ2n) is 3.72. The van der Waals surface area contributed by atoms with Crippen molar-refractivity contribution >= 4 is 33.4 Å². The minimum absolute atomic E-state index is 0.0300. The van der Waals surface area contributed by atoms with Gasteiger partial charge in [-0.25, -0.2) is 0 Å². The van der Waals surface area contributed by atoms with E-state index >= 15 is 0 Å². The molecule has 0 bridgehead atoms. The molecule has 0 saturated carbocycles. The molecule has 0 aliphatic carbocycles. The molecular weight excluding hydrogens is 289 g/mol. The summed E-state index contributed by atoms with van der Waals surface area (Å²) < 4.78 is 0.814. The number of carbonyl (C=O) groups is 1. The average Bonchev–Trinajstić information content (AvgIpc) is 2.25. The number of nitrogens with one attached hydrogen (secondary N) is 1. The molecule has 4 heteroatoms. The molecule has 1 aromatic rings. The summed E-state index contributed by atoms with van der Waals surface area (Å²) in [6.45, 7) is 3.98. The van der Waals surface area contributed by atoms with Crippen molar-refractivity contribution in [3.05, 3.63) is 33.8 Å². The zero-order valence-electron chi connectivity index (χ0n) is 9.39. The molecular formula is C12H15BrClNO. The first-order chi connectivity index (χ1) is 7.58. The lowest BCUT2D eigenvalue weighted by Crippen LogP contribution is -2.35. The molecule has 1 unspecified atom stereocenters. The minimum atomic E-state index is -0.0839. The number of halogens is 2. The second kappa shape index (κ2) is 6.26. The van der Waals surface area contributed by atoms with Crippen LogP contribution in [-0.4, -0.2) is 17.8 Å². The van der Waals surface area contributed by atoms with Crippen LogP contribution >= 0.6 is 27.5 Å². The van der Waals surface area contributed by atoms with Crippen molar-refractivity contribution in [1.29, 1.82) is 0 Å². The molecule has 0 aliphatic rings. The van der Waals surface area contributed by atoms with Gasteiger partial charge in [0.05, 0.1) is 5.56 Å². The predicted octanol–water partition coefficient (Wildman–Crippen LogP) is 3.50. The van der Waals surface area contributed by atoms with Crippen LogP contribution in [0.25, 0.3) is 0 Å². The Hall–Kier alpha value is -0.540. The summed E-state index contributed by atoms with van der Waals surface area (Å²) in [4.78, 5) is 11.9. The Balaban J connectivity index is 2.80. The monoisotopic (exact) mass is 303 g/mol. The maximum absolute atomic E-state index is 11.9. The van der Waals surface area contributed by atoms with E-state index in [9.17, 15) is 4.79 Å². The predicted molar refractivity (Wildman–Crippen MR) is 71.1 cm³/mol. The van der Waals surface area contributed by atoms with E-state index < -0.39 is 0 Å². The van der Waals surface area contributed by atoms with Crippen molar-refractivity contribution in [2.45, 2.75) is 26.3 Å². The van der Waals surface area contributed by atoms with E-state index in [-0.39, 0.29) is 11.9 Å².